The van der Waals surface area contributed by atoms with Gasteiger partial charge in [0.15, 0.2) is 11.6 Å². The number of rotatable bonds is 1. The van der Waals surface area contributed by atoms with Crippen molar-refractivity contribution in [2.24, 2.45) is 0 Å². The van der Waals surface area contributed by atoms with Crippen LogP contribution in [0.15, 0.2) is 6.07 Å². The first-order valence-electron chi connectivity index (χ1n) is 3.27. The second-order valence-electron chi connectivity index (χ2n) is 2.30. The van der Waals surface area contributed by atoms with Gasteiger partial charge in [-0.25, -0.2) is 0 Å². The molecule has 78 valence electrons. The summed E-state index contributed by atoms with van der Waals surface area (Å²) in [6.45, 7) is 0. The van der Waals surface area contributed by atoms with Gasteiger partial charge in [0.25, 0.3) is 0 Å². The van der Waals surface area contributed by atoms with Gasteiger partial charge in [-0.1, -0.05) is 0 Å². The highest BCUT2D eigenvalue weighted by Crippen LogP contribution is 2.32. The summed E-state index contributed by atoms with van der Waals surface area (Å²) in [7, 11) is 0. The van der Waals surface area contributed by atoms with Crippen molar-refractivity contribution in [3.63, 3.8) is 0 Å². The van der Waals surface area contributed by atoms with Gasteiger partial charge in [0.2, 0.25) is 5.95 Å². The van der Waals surface area contributed by atoms with E-state index in [-0.39, 0.29) is 0 Å². The van der Waals surface area contributed by atoms with E-state index in [4.69, 9.17) is 11.5 Å². The average Bonchev–Trinajstić information content (AvgIpc) is 1.95. The van der Waals surface area contributed by atoms with E-state index >= 15 is 0 Å². The van der Waals surface area contributed by atoms with Crippen molar-refractivity contribution in [1.29, 1.82) is 0 Å². The highest BCUT2D eigenvalue weighted by atomic mass is 19.4. The number of nitrogen functional groups attached to an aromatic ring is 2. The standard InChI is InChI=1S/C6H5F4N3O/c7-3-1-2(11)4(5(12)13-3)14-6(8,9)10/h1H,(H4,11,12,13). The van der Waals surface area contributed by atoms with Crippen molar-refractivity contribution >= 4 is 11.5 Å². The minimum Gasteiger partial charge on any atom is -0.400 e. The van der Waals surface area contributed by atoms with E-state index in [0.29, 0.717) is 6.07 Å². The third-order valence-corrected chi connectivity index (χ3v) is 1.21. The summed E-state index contributed by atoms with van der Waals surface area (Å²) in [5.41, 5.74) is 9.46. The molecule has 1 heterocycles. The summed E-state index contributed by atoms with van der Waals surface area (Å²) in [4.78, 5) is 2.92. The summed E-state index contributed by atoms with van der Waals surface area (Å²) in [6.07, 6.45) is -4.94. The lowest BCUT2D eigenvalue weighted by atomic mass is 10.3. The number of aromatic nitrogens is 1. The van der Waals surface area contributed by atoms with Crippen molar-refractivity contribution in [1.82, 2.24) is 4.98 Å². The largest absolute Gasteiger partial charge is 0.573 e. The number of hydrogen-bond donors (Lipinski definition) is 2. The number of pyridine rings is 1. The summed E-state index contributed by atoms with van der Waals surface area (Å²) in [6, 6.07) is 0.581. The Labute approximate surface area is 75.5 Å². The lowest BCUT2D eigenvalue weighted by Crippen LogP contribution is -2.19. The summed E-state index contributed by atoms with van der Waals surface area (Å²) < 4.78 is 51.1. The number of anilines is 2. The van der Waals surface area contributed by atoms with Gasteiger partial charge in [0.05, 0.1) is 5.69 Å². The fourth-order valence-electron chi connectivity index (χ4n) is 0.767. The van der Waals surface area contributed by atoms with Crippen molar-refractivity contribution in [2.75, 3.05) is 11.5 Å². The number of nitrogens with two attached hydrogens (primary N) is 2. The lowest BCUT2D eigenvalue weighted by molar-refractivity contribution is -0.274. The van der Waals surface area contributed by atoms with Crippen LogP contribution in [-0.2, 0) is 0 Å². The Bertz CT molecular complexity index is 328. The summed E-state index contributed by atoms with van der Waals surface area (Å²) in [5, 5.41) is 0. The van der Waals surface area contributed by atoms with Crippen molar-refractivity contribution in [2.45, 2.75) is 6.36 Å². The van der Waals surface area contributed by atoms with Gasteiger partial charge in [0.1, 0.15) is 0 Å². The molecular weight excluding hydrogens is 206 g/mol. The molecule has 0 amide bonds. The van der Waals surface area contributed by atoms with Crippen LogP contribution in [0.4, 0.5) is 29.1 Å². The molecular formula is C6H5F4N3O. The van der Waals surface area contributed by atoms with E-state index in [1.54, 1.807) is 0 Å². The summed E-state index contributed by atoms with van der Waals surface area (Å²) in [5.74, 6) is -2.71. The molecule has 0 aliphatic heterocycles. The van der Waals surface area contributed by atoms with E-state index in [1.165, 1.54) is 0 Å². The molecule has 0 fully saturated rings. The van der Waals surface area contributed by atoms with Crippen LogP contribution >= 0.6 is 0 Å². The molecule has 0 radical (unpaired) electrons. The van der Waals surface area contributed by atoms with E-state index in [1.807, 2.05) is 0 Å². The molecule has 0 spiro atoms. The van der Waals surface area contributed by atoms with Crippen LogP contribution in [0.5, 0.6) is 5.75 Å². The number of hydrogen-bond acceptors (Lipinski definition) is 4. The SMILES string of the molecule is Nc1cc(F)nc(N)c1OC(F)(F)F. The second-order valence-corrected chi connectivity index (χ2v) is 2.30. The molecule has 0 atom stereocenters. The van der Waals surface area contributed by atoms with Crippen LogP contribution < -0.4 is 16.2 Å². The van der Waals surface area contributed by atoms with E-state index in [0.717, 1.165) is 0 Å². The Hall–Kier alpha value is -1.73. The highest BCUT2D eigenvalue weighted by Gasteiger charge is 2.33. The third-order valence-electron chi connectivity index (χ3n) is 1.21. The van der Waals surface area contributed by atoms with Gasteiger partial charge in [0, 0.05) is 6.07 Å². The molecule has 0 bridgehead atoms. The molecule has 4 N–H and O–H groups in total. The highest BCUT2D eigenvalue weighted by molar-refractivity contribution is 5.63. The van der Waals surface area contributed by atoms with E-state index in [2.05, 4.69) is 9.72 Å². The molecule has 0 unspecified atom stereocenters. The predicted octanol–water partition coefficient (Wildman–Crippen LogP) is 1.28. The molecule has 0 aliphatic rings. The Kier molecular flexibility index (Phi) is 2.37. The lowest BCUT2D eigenvalue weighted by Gasteiger charge is -2.12. The Morgan fingerprint density at radius 2 is 1.86 bits per heavy atom. The van der Waals surface area contributed by atoms with Gasteiger partial charge >= 0.3 is 6.36 Å². The summed E-state index contributed by atoms with van der Waals surface area (Å²) >= 11 is 0. The second kappa shape index (κ2) is 3.20. The topological polar surface area (TPSA) is 74.2 Å². The average molecular weight is 211 g/mol. The Morgan fingerprint density at radius 3 is 2.29 bits per heavy atom. The van der Waals surface area contributed by atoms with Gasteiger partial charge in [-0.15, -0.1) is 13.2 Å². The van der Waals surface area contributed by atoms with Crippen LogP contribution in [0.3, 0.4) is 0 Å². The fraction of sp³-hybridized carbons (Fsp3) is 0.167. The maximum Gasteiger partial charge on any atom is 0.573 e. The van der Waals surface area contributed by atoms with E-state index < -0.39 is 29.6 Å². The zero-order valence-electron chi connectivity index (χ0n) is 6.60. The molecule has 0 saturated heterocycles. The van der Waals surface area contributed by atoms with Crippen LogP contribution in [0, 0.1) is 5.95 Å². The molecule has 1 rings (SSSR count). The predicted molar refractivity (Wildman–Crippen MR) is 39.7 cm³/mol. The first-order valence-corrected chi connectivity index (χ1v) is 3.27. The number of ether oxygens (including phenoxy) is 1. The van der Waals surface area contributed by atoms with Crippen molar-refractivity contribution in [3.8, 4) is 5.75 Å². The fourth-order valence-corrected chi connectivity index (χ4v) is 0.767. The van der Waals surface area contributed by atoms with Gasteiger partial charge < -0.3 is 16.2 Å². The molecule has 14 heavy (non-hydrogen) atoms. The third kappa shape index (κ3) is 2.38. The van der Waals surface area contributed by atoms with Crippen LogP contribution in [0.1, 0.15) is 0 Å². The molecule has 0 saturated carbocycles. The van der Waals surface area contributed by atoms with Crippen LogP contribution in [-0.4, -0.2) is 11.3 Å². The minimum absolute atomic E-state index is 0.563. The zero-order valence-corrected chi connectivity index (χ0v) is 6.60. The molecule has 0 aliphatic carbocycles. The molecule has 1 aromatic rings. The molecule has 1 aromatic heterocycles. The van der Waals surface area contributed by atoms with Crippen molar-refractivity contribution in [3.05, 3.63) is 12.0 Å². The van der Waals surface area contributed by atoms with Gasteiger partial charge in [-0.2, -0.15) is 9.37 Å². The molecule has 0 aromatic carbocycles. The Morgan fingerprint density at radius 1 is 1.29 bits per heavy atom. The first kappa shape index (κ1) is 10.4. The quantitative estimate of drug-likeness (QED) is 0.542. The van der Waals surface area contributed by atoms with Gasteiger partial charge in [-0.05, 0) is 0 Å². The number of nitrogens with zero attached hydrogens (tertiary/aromatic N) is 1. The van der Waals surface area contributed by atoms with Crippen LogP contribution in [0.25, 0.3) is 0 Å². The Balaban J connectivity index is 3.09. The zero-order chi connectivity index (χ0) is 10.9. The van der Waals surface area contributed by atoms with Gasteiger partial charge in [-0.3, -0.25) is 0 Å². The maximum absolute atomic E-state index is 12.4. The molecule has 8 heteroatoms. The number of halogens is 4. The minimum atomic E-state index is -4.94. The first-order chi connectivity index (χ1) is 6.29. The monoisotopic (exact) mass is 211 g/mol. The molecule has 4 nitrogen and oxygen atoms in total. The maximum atomic E-state index is 12.4. The van der Waals surface area contributed by atoms with Crippen molar-refractivity contribution < 1.29 is 22.3 Å². The van der Waals surface area contributed by atoms with Crippen LogP contribution in [0.2, 0.25) is 0 Å². The smallest absolute Gasteiger partial charge is 0.400 e. The number of alkyl halides is 3. The normalized spacial score (nSPS) is 11.4. The van der Waals surface area contributed by atoms with E-state index in [9.17, 15) is 17.6 Å².